The van der Waals surface area contributed by atoms with Crippen LogP contribution in [-0.4, -0.2) is 37.5 Å². The minimum atomic E-state index is 0. The number of halogens is 1. The highest BCUT2D eigenvalue weighted by Gasteiger charge is 2.26. The van der Waals surface area contributed by atoms with E-state index in [1.165, 1.54) is 0 Å². The number of nitrogens with one attached hydrogen (secondary N) is 1. The molecule has 128 valence electrons. The molecule has 3 rings (SSSR count). The van der Waals surface area contributed by atoms with Gasteiger partial charge >= 0.3 is 0 Å². The molecule has 4 nitrogen and oxygen atoms in total. The number of nitrogens with zero attached hydrogens (tertiary/aromatic N) is 1. The fourth-order valence-corrected chi connectivity index (χ4v) is 2.97. The van der Waals surface area contributed by atoms with Crippen LogP contribution in [0.15, 0.2) is 54.6 Å². The van der Waals surface area contributed by atoms with Crippen molar-refractivity contribution in [2.75, 3.05) is 26.7 Å². The van der Waals surface area contributed by atoms with Gasteiger partial charge in [0.1, 0.15) is 11.5 Å². The highest BCUT2D eigenvalue weighted by molar-refractivity contribution is 5.94. The van der Waals surface area contributed by atoms with Crippen molar-refractivity contribution in [2.45, 2.75) is 6.42 Å². The predicted molar refractivity (Wildman–Crippen MR) is 98.1 cm³/mol. The molecule has 1 aliphatic rings. The van der Waals surface area contributed by atoms with Gasteiger partial charge < -0.3 is 15.0 Å². The average molecular weight is 347 g/mol. The first-order chi connectivity index (χ1) is 11.3. The summed E-state index contributed by atoms with van der Waals surface area (Å²) in [6, 6.07) is 17.0. The maximum atomic E-state index is 12.7. The van der Waals surface area contributed by atoms with Crippen molar-refractivity contribution in [3.05, 3.63) is 60.2 Å². The Morgan fingerprint density at radius 2 is 1.92 bits per heavy atom. The molecule has 1 N–H and O–H groups in total. The Balaban J connectivity index is 0.00000208. The molecule has 0 saturated carbocycles. The van der Waals surface area contributed by atoms with E-state index in [2.05, 4.69) is 5.32 Å². The van der Waals surface area contributed by atoms with Crippen LogP contribution in [0.1, 0.15) is 16.8 Å². The molecule has 5 heteroatoms. The lowest BCUT2D eigenvalue weighted by atomic mass is 10.1. The van der Waals surface area contributed by atoms with Gasteiger partial charge in [0.15, 0.2) is 0 Å². The van der Waals surface area contributed by atoms with Crippen molar-refractivity contribution in [3.8, 4) is 11.5 Å². The van der Waals surface area contributed by atoms with Gasteiger partial charge in [0.05, 0.1) is 0 Å². The lowest BCUT2D eigenvalue weighted by molar-refractivity contribution is 0.0787. The molecule has 0 radical (unpaired) electrons. The molecule has 1 unspecified atom stereocenters. The number of carbonyl (C=O) groups excluding carboxylic acids is 1. The molecule has 1 amide bonds. The molecule has 0 aliphatic carbocycles. The summed E-state index contributed by atoms with van der Waals surface area (Å²) in [5.41, 5.74) is 0.684. The van der Waals surface area contributed by atoms with Crippen LogP contribution in [0, 0.1) is 5.92 Å². The van der Waals surface area contributed by atoms with Crippen LogP contribution in [0.4, 0.5) is 0 Å². The number of rotatable bonds is 5. The second-order valence-electron chi connectivity index (χ2n) is 5.91. The summed E-state index contributed by atoms with van der Waals surface area (Å²) in [7, 11) is 1.95. The van der Waals surface area contributed by atoms with E-state index in [-0.39, 0.29) is 18.3 Å². The largest absolute Gasteiger partial charge is 0.457 e. The number of hydrogen-bond acceptors (Lipinski definition) is 3. The smallest absolute Gasteiger partial charge is 0.253 e. The lowest BCUT2D eigenvalue weighted by Crippen LogP contribution is -2.30. The minimum absolute atomic E-state index is 0. The first-order valence-corrected chi connectivity index (χ1v) is 8.03. The number of benzene rings is 2. The Hall–Kier alpha value is -2.04. The molecule has 2 aromatic rings. The Bertz CT molecular complexity index is 663. The Morgan fingerprint density at radius 1 is 1.17 bits per heavy atom. The number of amides is 1. The maximum Gasteiger partial charge on any atom is 0.253 e. The third-order valence-electron chi connectivity index (χ3n) is 4.13. The Morgan fingerprint density at radius 3 is 2.67 bits per heavy atom. The predicted octanol–water partition coefficient (Wildman–Crippen LogP) is 3.58. The zero-order valence-electron chi connectivity index (χ0n) is 13.8. The van der Waals surface area contributed by atoms with Crippen molar-refractivity contribution < 1.29 is 9.53 Å². The fourth-order valence-electron chi connectivity index (χ4n) is 2.97. The Labute approximate surface area is 149 Å². The summed E-state index contributed by atoms with van der Waals surface area (Å²) >= 11 is 0. The number of para-hydroxylation sites is 1. The molecule has 1 aliphatic heterocycles. The molecule has 0 bridgehead atoms. The quantitative estimate of drug-likeness (QED) is 0.899. The maximum absolute atomic E-state index is 12.7. The SMILES string of the molecule is CNCC1CCN(C(=O)c2cccc(Oc3ccccc3)c2)C1.Cl. The zero-order valence-corrected chi connectivity index (χ0v) is 14.6. The van der Waals surface area contributed by atoms with Gasteiger partial charge in [-0.15, -0.1) is 12.4 Å². The summed E-state index contributed by atoms with van der Waals surface area (Å²) in [5, 5.41) is 3.19. The third-order valence-corrected chi connectivity index (χ3v) is 4.13. The van der Waals surface area contributed by atoms with E-state index in [9.17, 15) is 4.79 Å². The first-order valence-electron chi connectivity index (χ1n) is 8.03. The van der Waals surface area contributed by atoms with Crippen molar-refractivity contribution in [1.82, 2.24) is 10.2 Å². The second-order valence-corrected chi connectivity index (χ2v) is 5.91. The van der Waals surface area contributed by atoms with Crippen LogP contribution >= 0.6 is 12.4 Å². The highest BCUT2D eigenvalue weighted by Crippen LogP contribution is 2.24. The van der Waals surface area contributed by atoms with E-state index in [1.54, 1.807) is 0 Å². The standard InChI is InChI=1S/C19H22N2O2.ClH/c1-20-13-15-10-11-21(14-15)19(22)16-6-5-9-18(12-16)23-17-7-3-2-4-8-17;/h2-9,12,15,20H,10-11,13-14H2,1H3;1H. The fraction of sp³-hybridized carbons (Fsp3) is 0.316. The van der Waals surface area contributed by atoms with Crippen LogP contribution in [-0.2, 0) is 0 Å². The van der Waals surface area contributed by atoms with Gasteiger partial charge in [-0.3, -0.25) is 4.79 Å². The van der Waals surface area contributed by atoms with E-state index >= 15 is 0 Å². The summed E-state index contributed by atoms with van der Waals surface area (Å²) in [4.78, 5) is 14.6. The normalized spacial score (nSPS) is 16.5. The van der Waals surface area contributed by atoms with Crippen molar-refractivity contribution in [2.24, 2.45) is 5.92 Å². The van der Waals surface area contributed by atoms with Crippen LogP contribution < -0.4 is 10.1 Å². The topological polar surface area (TPSA) is 41.6 Å². The van der Waals surface area contributed by atoms with E-state index < -0.39 is 0 Å². The summed E-state index contributed by atoms with van der Waals surface area (Å²) in [6.45, 7) is 2.61. The Kier molecular flexibility index (Phi) is 6.64. The molecule has 0 spiro atoms. The van der Waals surface area contributed by atoms with E-state index in [4.69, 9.17) is 4.74 Å². The minimum Gasteiger partial charge on any atom is -0.457 e. The van der Waals surface area contributed by atoms with Gasteiger partial charge in [0, 0.05) is 18.7 Å². The molecule has 1 fully saturated rings. The lowest BCUT2D eigenvalue weighted by Gasteiger charge is -2.17. The molecular formula is C19H23ClN2O2. The van der Waals surface area contributed by atoms with Crippen LogP contribution in [0.5, 0.6) is 11.5 Å². The monoisotopic (exact) mass is 346 g/mol. The summed E-state index contributed by atoms with van der Waals surface area (Å²) in [6.07, 6.45) is 1.06. The van der Waals surface area contributed by atoms with E-state index in [1.807, 2.05) is 66.5 Å². The average Bonchev–Trinajstić information content (AvgIpc) is 3.04. The van der Waals surface area contributed by atoms with Gasteiger partial charge in [-0.05, 0) is 56.3 Å². The van der Waals surface area contributed by atoms with Crippen LogP contribution in [0.3, 0.4) is 0 Å². The second kappa shape index (κ2) is 8.71. The van der Waals surface area contributed by atoms with Gasteiger partial charge in [-0.25, -0.2) is 0 Å². The molecular weight excluding hydrogens is 324 g/mol. The van der Waals surface area contributed by atoms with Gasteiger partial charge in [0.2, 0.25) is 0 Å². The van der Waals surface area contributed by atoms with Crippen molar-refractivity contribution in [3.63, 3.8) is 0 Å². The molecule has 1 atom stereocenters. The van der Waals surface area contributed by atoms with Gasteiger partial charge in [-0.2, -0.15) is 0 Å². The summed E-state index contributed by atoms with van der Waals surface area (Å²) in [5.74, 6) is 2.09. The van der Waals surface area contributed by atoms with Crippen LogP contribution in [0.25, 0.3) is 0 Å². The van der Waals surface area contributed by atoms with E-state index in [0.717, 1.165) is 31.8 Å². The van der Waals surface area contributed by atoms with Crippen molar-refractivity contribution in [1.29, 1.82) is 0 Å². The molecule has 2 aromatic carbocycles. The summed E-state index contributed by atoms with van der Waals surface area (Å²) < 4.78 is 5.81. The van der Waals surface area contributed by atoms with Crippen LogP contribution in [0.2, 0.25) is 0 Å². The highest BCUT2D eigenvalue weighted by atomic mass is 35.5. The van der Waals surface area contributed by atoms with Gasteiger partial charge in [-0.1, -0.05) is 24.3 Å². The van der Waals surface area contributed by atoms with Gasteiger partial charge in [0.25, 0.3) is 5.91 Å². The molecule has 24 heavy (non-hydrogen) atoms. The number of likely N-dealkylation sites (tertiary alicyclic amines) is 1. The number of carbonyl (C=O) groups is 1. The third kappa shape index (κ3) is 4.49. The molecule has 0 aromatic heterocycles. The van der Waals surface area contributed by atoms with E-state index in [0.29, 0.717) is 17.2 Å². The molecule has 1 heterocycles. The first kappa shape index (κ1) is 18.3. The number of hydrogen-bond donors (Lipinski definition) is 1. The number of ether oxygens (including phenoxy) is 1. The molecule has 1 saturated heterocycles. The zero-order chi connectivity index (χ0) is 16.1. The van der Waals surface area contributed by atoms with Crippen molar-refractivity contribution >= 4 is 18.3 Å².